The smallest absolute Gasteiger partial charge is 0.191 e. The van der Waals surface area contributed by atoms with Crippen LogP contribution in [0.4, 0.5) is 8.78 Å². The maximum atomic E-state index is 13.9. The molecule has 0 radical (unpaired) electrons. The van der Waals surface area contributed by atoms with Crippen molar-refractivity contribution in [1.82, 2.24) is 10.3 Å². The second-order valence-electron chi connectivity index (χ2n) is 4.68. The van der Waals surface area contributed by atoms with E-state index in [1.165, 1.54) is 12.1 Å². The van der Waals surface area contributed by atoms with E-state index in [0.29, 0.717) is 17.8 Å². The lowest BCUT2D eigenvalue weighted by Gasteiger charge is -2.10. The van der Waals surface area contributed by atoms with Crippen molar-refractivity contribution in [3.05, 3.63) is 59.4 Å². The van der Waals surface area contributed by atoms with Gasteiger partial charge in [0.25, 0.3) is 0 Å². The average molecular weight is 292 g/mol. The number of hydrogen-bond donors (Lipinski definition) is 1. The number of rotatable bonds is 7. The Hall–Kier alpha value is -2.01. The highest BCUT2D eigenvalue weighted by molar-refractivity contribution is 5.31. The predicted octanol–water partition coefficient (Wildman–Crippen LogP) is 3.44. The first-order chi connectivity index (χ1) is 10.2. The molecule has 0 fully saturated rings. The Labute approximate surface area is 123 Å². The standard InChI is InChI=1S/C16H18F2N2O/c1-2-6-19-10-12-8-14(17)16(15(18)9-12)21-11-13-5-3-4-7-20-13/h3-5,7-9,19H,2,6,10-11H2,1H3. The minimum Gasteiger partial charge on any atom is -0.481 e. The summed E-state index contributed by atoms with van der Waals surface area (Å²) in [6.07, 6.45) is 2.57. The van der Waals surface area contributed by atoms with Crippen molar-refractivity contribution in [2.75, 3.05) is 6.54 Å². The van der Waals surface area contributed by atoms with Crippen molar-refractivity contribution in [3.8, 4) is 5.75 Å². The van der Waals surface area contributed by atoms with Crippen LogP contribution in [0.2, 0.25) is 0 Å². The van der Waals surface area contributed by atoms with E-state index in [1.54, 1.807) is 24.4 Å². The molecule has 1 aromatic heterocycles. The molecular weight excluding hydrogens is 274 g/mol. The lowest BCUT2D eigenvalue weighted by Crippen LogP contribution is -2.14. The molecule has 0 aliphatic carbocycles. The van der Waals surface area contributed by atoms with Crippen molar-refractivity contribution >= 4 is 0 Å². The Morgan fingerprint density at radius 3 is 2.57 bits per heavy atom. The molecule has 0 spiro atoms. The Bertz CT molecular complexity index is 553. The summed E-state index contributed by atoms with van der Waals surface area (Å²) in [5.41, 5.74) is 1.17. The molecule has 0 aliphatic rings. The molecule has 2 aromatic rings. The summed E-state index contributed by atoms with van der Waals surface area (Å²) in [6, 6.07) is 7.88. The topological polar surface area (TPSA) is 34.1 Å². The summed E-state index contributed by atoms with van der Waals surface area (Å²) in [7, 11) is 0. The second-order valence-corrected chi connectivity index (χ2v) is 4.68. The van der Waals surface area contributed by atoms with E-state index in [4.69, 9.17) is 4.74 Å². The Kier molecular flexibility index (Phi) is 5.63. The van der Waals surface area contributed by atoms with Crippen LogP contribution in [0.1, 0.15) is 24.6 Å². The van der Waals surface area contributed by atoms with Crippen molar-refractivity contribution in [2.45, 2.75) is 26.5 Å². The van der Waals surface area contributed by atoms with Crippen molar-refractivity contribution in [2.24, 2.45) is 0 Å². The fourth-order valence-corrected chi connectivity index (χ4v) is 1.89. The van der Waals surface area contributed by atoms with Crippen LogP contribution in [0.15, 0.2) is 36.5 Å². The second kappa shape index (κ2) is 7.69. The predicted molar refractivity (Wildman–Crippen MR) is 76.9 cm³/mol. The maximum Gasteiger partial charge on any atom is 0.191 e. The number of aromatic nitrogens is 1. The molecule has 1 heterocycles. The van der Waals surface area contributed by atoms with Crippen molar-refractivity contribution in [3.63, 3.8) is 0 Å². The Morgan fingerprint density at radius 1 is 1.19 bits per heavy atom. The van der Waals surface area contributed by atoms with Crippen LogP contribution in [-0.2, 0) is 13.2 Å². The Balaban J connectivity index is 2.03. The number of hydrogen-bond acceptors (Lipinski definition) is 3. The van der Waals surface area contributed by atoms with Crippen LogP contribution in [0.25, 0.3) is 0 Å². The van der Waals surface area contributed by atoms with Crippen LogP contribution in [-0.4, -0.2) is 11.5 Å². The zero-order valence-electron chi connectivity index (χ0n) is 11.9. The van der Waals surface area contributed by atoms with Crippen molar-refractivity contribution < 1.29 is 13.5 Å². The lowest BCUT2D eigenvalue weighted by atomic mass is 10.2. The van der Waals surface area contributed by atoms with Crippen LogP contribution in [0, 0.1) is 11.6 Å². The van der Waals surface area contributed by atoms with Gasteiger partial charge in [0.15, 0.2) is 17.4 Å². The summed E-state index contributed by atoms with van der Waals surface area (Å²) in [5.74, 6) is -1.75. The van der Waals surface area contributed by atoms with Crippen LogP contribution in [0.3, 0.4) is 0 Å². The highest BCUT2D eigenvalue weighted by Gasteiger charge is 2.13. The first-order valence-electron chi connectivity index (χ1n) is 6.92. The third-order valence-electron chi connectivity index (χ3n) is 2.90. The van der Waals surface area contributed by atoms with Gasteiger partial charge in [-0.25, -0.2) is 8.78 Å². The molecule has 1 N–H and O–H groups in total. The number of nitrogens with one attached hydrogen (secondary N) is 1. The molecule has 112 valence electrons. The normalized spacial score (nSPS) is 10.6. The zero-order chi connectivity index (χ0) is 15.1. The van der Waals surface area contributed by atoms with Gasteiger partial charge in [-0.3, -0.25) is 4.98 Å². The third-order valence-corrected chi connectivity index (χ3v) is 2.90. The molecule has 0 saturated carbocycles. The van der Waals surface area contributed by atoms with E-state index < -0.39 is 11.6 Å². The van der Waals surface area contributed by atoms with Crippen LogP contribution in [0.5, 0.6) is 5.75 Å². The third kappa shape index (κ3) is 4.49. The maximum absolute atomic E-state index is 13.9. The minimum absolute atomic E-state index is 0.0299. The molecule has 1 aromatic carbocycles. The molecule has 2 rings (SSSR count). The first kappa shape index (κ1) is 15.4. The molecule has 0 bridgehead atoms. The summed E-state index contributed by atoms with van der Waals surface area (Å²) < 4.78 is 33.0. The fourth-order valence-electron chi connectivity index (χ4n) is 1.89. The van der Waals surface area contributed by atoms with Gasteiger partial charge < -0.3 is 10.1 Å². The van der Waals surface area contributed by atoms with E-state index in [9.17, 15) is 8.78 Å². The van der Waals surface area contributed by atoms with Gasteiger partial charge in [0.1, 0.15) is 6.61 Å². The minimum atomic E-state index is -0.695. The summed E-state index contributed by atoms with van der Waals surface area (Å²) >= 11 is 0. The molecule has 0 saturated heterocycles. The zero-order valence-corrected chi connectivity index (χ0v) is 11.9. The van der Waals surface area contributed by atoms with Gasteiger partial charge in [-0.2, -0.15) is 0 Å². The molecule has 0 aliphatic heterocycles. The van der Waals surface area contributed by atoms with Gasteiger partial charge >= 0.3 is 0 Å². The van der Waals surface area contributed by atoms with Gasteiger partial charge in [-0.05, 0) is 42.8 Å². The number of nitrogens with zero attached hydrogens (tertiary/aromatic N) is 1. The molecular formula is C16H18F2N2O. The largest absolute Gasteiger partial charge is 0.481 e. The van der Waals surface area contributed by atoms with Gasteiger partial charge in [-0.15, -0.1) is 0 Å². The van der Waals surface area contributed by atoms with Crippen LogP contribution < -0.4 is 10.1 Å². The highest BCUT2D eigenvalue weighted by atomic mass is 19.1. The van der Waals surface area contributed by atoms with Gasteiger partial charge in [0.2, 0.25) is 0 Å². The van der Waals surface area contributed by atoms with Gasteiger partial charge in [-0.1, -0.05) is 13.0 Å². The summed E-state index contributed by atoms with van der Waals surface area (Å²) in [4.78, 5) is 4.04. The number of pyridine rings is 1. The van der Waals surface area contributed by atoms with E-state index in [0.717, 1.165) is 13.0 Å². The molecule has 0 atom stereocenters. The highest BCUT2D eigenvalue weighted by Crippen LogP contribution is 2.24. The monoisotopic (exact) mass is 292 g/mol. The SMILES string of the molecule is CCCNCc1cc(F)c(OCc2ccccn2)c(F)c1. The molecule has 0 amide bonds. The Morgan fingerprint density at radius 2 is 1.95 bits per heavy atom. The number of benzene rings is 1. The van der Waals surface area contributed by atoms with Crippen molar-refractivity contribution in [1.29, 1.82) is 0 Å². The van der Waals surface area contributed by atoms with E-state index in [2.05, 4.69) is 10.3 Å². The van der Waals surface area contributed by atoms with E-state index >= 15 is 0 Å². The van der Waals surface area contributed by atoms with Crippen LogP contribution >= 0.6 is 0 Å². The van der Waals surface area contributed by atoms with E-state index in [1.807, 2.05) is 6.92 Å². The first-order valence-corrected chi connectivity index (χ1v) is 6.92. The molecule has 3 nitrogen and oxygen atoms in total. The average Bonchev–Trinajstić information content (AvgIpc) is 2.48. The molecule has 21 heavy (non-hydrogen) atoms. The fraction of sp³-hybridized carbons (Fsp3) is 0.312. The summed E-state index contributed by atoms with van der Waals surface area (Å²) in [6.45, 7) is 3.30. The van der Waals surface area contributed by atoms with Gasteiger partial charge in [0.05, 0.1) is 5.69 Å². The molecule has 0 unspecified atom stereocenters. The van der Waals surface area contributed by atoms with E-state index in [-0.39, 0.29) is 12.4 Å². The summed E-state index contributed by atoms with van der Waals surface area (Å²) in [5, 5.41) is 3.10. The lowest BCUT2D eigenvalue weighted by molar-refractivity contribution is 0.270. The number of ether oxygens (including phenoxy) is 1. The quantitative estimate of drug-likeness (QED) is 0.794. The van der Waals surface area contributed by atoms with Gasteiger partial charge in [0, 0.05) is 12.7 Å². The number of halogens is 2. The molecule has 5 heteroatoms.